The number of hydrogen-bond acceptors (Lipinski definition) is 5. The van der Waals surface area contributed by atoms with Gasteiger partial charge in [0.15, 0.2) is 0 Å². The molecule has 0 aliphatic carbocycles. The molecule has 2 aromatic heterocycles. The second-order valence-electron chi connectivity index (χ2n) is 7.47. The summed E-state index contributed by atoms with van der Waals surface area (Å²) in [4.78, 5) is 27.1. The summed E-state index contributed by atoms with van der Waals surface area (Å²) >= 11 is 1.38. The summed E-state index contributed by atoms with van der Waals surface area (Å²) in [6.45, 7) is 6.90. The molecule has 1 saturated heterocycles. The van der Waals surface area contributed by atoms with Crippen molar-refractivity contribution in [3.63, 3.8) is 0 Å². The van der Waals surface area contributed by atoms with E-state index in [0.29, 0.717) is 18.1 Å². The normalized spacial score (nSPS) is 15.4. The summed E-state index contributed by atoms with van der Waals surface area (Å²) in [5.74, 6) is -1.01. The molecule has 3 heterocycles. The fourth-order valence-corrected chi connectivity index (χ4v) is 5.04. The average Bonchev–Trinajstić information content (AvgIpc) is 3.22. The second-order valence-corrected chi connectivity index (χ2v) is 8.69. The van der Waals surface area contributed by atoms with Crippen molar-refractivity contribution in [2.24, 2.45) is 0 Å². The van der Waals surface area contributed by atoms with Gasteiger partial charge in [0.05, 0.1) is 29.9 Å². The van der Waals surface area contributed by atoms with E-state index < -0.39 is 17.2 Å². The van der Waals surface area contributed by atoms with Crippen molar-refractivity contribution in [2.45, 2.75) is 39.2 Å². The molecule has 1 amide bonds. The van der Waals surface area contributed by atoms with Crippen LogP contribution in [0, 0.1) is 13.8 Å². The van der Waals surface area contributed by atoms with Crippen molar-refractivity contribution in [1.29, 1.82) is 0 Å². The number of furan rings is 1. The van der Waals surface area contributed by atoms with Gasteiger partial charge < -0.3 is 14.5 Å². The van der Waals surface area contributed by atoms with Crippen LogP contribution in [0.1, 0.15) is 39.9 Å². The smallest absolute Gasteiger partial charge is 0.293 e. The van der Waals surface area contributed by atoms with E-state index in [1.54, 1.807) is 6.26 Å². The highest BCUT2D eigenvalue weighted by atomic mass is 32.1. The molecule has 1 N–H and O–H groups in total. The Balaban J connectivity index is 1.63. The maximum atomic E-state index is 12.9. The summed E-state index contributed by atoms with van der Waals surface area (Å²) in [5.41, 5.74) is 3.32. The van der Waals surface area contributed by atoms with Gasteiger partial charge in [0.1, 0.15) is 5.58 Å². The van der Waals surface area contributed by atoms with Crippen LogP contribution in [0.2, 0.25) is 0 Å². The maximum absolute atomic E-state index is 12.9. The highest BCUT2D eigenvalue weighted by molar-refractivity contribution is 7.15. The molecule has 1 aromatic carbocycles. The van der Waals surface area contributed by atoms with Gasteiger partial charge in [-0.2, -0.15) is 0 Å². The predicted octanol–water partition coefficient (Wildman–Crippen LogP) is 4.65. The lowest BCUT2D eigenvalue weighted by Crippen LogP contribution is -2.63. The number of carbonyl (C=O) groups excluding carboxylic acids is 2. The van der Waals surface area contributed by atoms with E-state index in [1.165, 1.54) is 11.3 Å². The number of Topliss-reactive ketones (excluding diaryl/α,β-unsaturated/α-hetero) is 1. The van der Waals surface area contributed by atoms with Crippen LogP contribution in [0.25, 0.3) is 22.1 Å². The first-order valence-electron chi connectivity index (χ1n) is 9.46. The largest absolute Gasteiger partial charge is 0.464 e. The van der Waals surface area contributed by atoms with Gasteiger partial charge in [0, 0.05) is 10.3 Å². The van der Waals surface area contributed by atoms with Crippen LogP contribution < -0.4 is 5.32 Å². The van der Waals surface area contributed by atoms with Gasteiger partial charge in [0.2, 0.25) is 0 Å². The first-order valence-corrected chi connectivity index (χ1v) is 10.3. The minimum absolute atomic E-state index is 0.392. The third kappa shape index (κ3) is 3.16. The fraction of sp³-hybridized carbons (Fsp3) is 0.364. The molecule has 1 aliphatic rings. The summed E-state index contributed by atoms with van der Waals surface area (Å²) in [5, 5.41) is 3.94. The molecule has 1 fully saturated rings. The molecule has 146 valence electrons. The van der Waals surface area contributed by atoms with E-state index >= 15 is 0 Å². The highest BCUT2D eigenvalue weighted by Crippen LogP contribution is 2.37. The van der Waals surface area contributed by atoms with Crippen LogP contribution in [-0.2, 0) is 9.53 Å². The van der Waals surface area contributed by atoms with Crippen LogP contribution in [-0.4, -0.2) is 30.4 Å². The van der Waals surface area contributed by atoms with Crippen LogP contribution in [0.15, 0.2) is 34.9 Å². The van der Waals surface area contributed by atoms with E-state index in [2.05, 4.69) is 18.3 Å². The van der Waals surface area contributed by atoms with Gasteiger partial charge in [0.25, 0.3) is 11.7 Å². The number of carbonyl (C=O) groups is 2. The zero-order valence-electron chi connectivity index (χ0n) is 16.3. The Labute approximate surface area is 167 Å². The van der Waals surface area contributed by atoms with Gasteiger partial charge in [-0.25, -0.2) is 0 Å². The van der Waals surface area contributed by atoms with Crippen LogP contribution in [0.4, 0.5) is 0 Å². The predicted molar refractivity (Wildman–Crippen MR) is 110 cm³/mol. The van der Waals surface area contributed by atoms with Crippen molar-refractivity contribution in [3.8, 4) is 11.1 Å². The lowest BCUT2D eigenvalue weighted by Gasteiger charge is -2.41. The van der Waals surface area contributed by atoms with E-state index in [0.717, 1.165) is 45.4 Å². The number of rotatable bonds is 6. The number of aryl methyl sites for hydroxylation is 1. The van der Waals surface area contributed by atoms with Gasteiger partial charge in [-0.1, -0.05) is 19.4 Å². The monoisotopic (exact) mass is 397 g/mol. The van der Waals surface area contributed by atoms with Crippen LogP contribution in [0.5, 0.6) is 0 Å². The Hall–Kier alpha value is -2.44. The lowest BCUT2D eigenvalue weighted by molar-refractivity contribution is -0.129. The Bertz CT molecular complexity index is 1060. The molecule has 28 heavy (non-hydrogen) atoms. The molecule has 0 atom stereocenters. The number of ketones is 1. The van der Waals surface area contributed by atoms with Gasteiger partial charge in [-0.15, -0.1) is 11.3 Å². The average molecular weight is 397 g/mol. The number of fused-ring (bicyclic) bond motifs is 1. The van der Waals surface area contributed by atoms with Crippen molar-refractivity contribution in [3.05, 3.63) is 45.8 Å². The fourth-order valence-electron chi connectivity index (χ4n) is 3.92. The third-order valence-corrected chi connectivity index (χ3v) is 6.55. The quantitative estimate of drug-likeness (QED) is 0.486. The van der Waals surface area contributed by atoms with Crippen LogP contribution in [0.3, 0.4) is 0 Å². The summed E-state index contributed by atoms with van der Waals surface area (Å²) in [6.07, 6.45) is 3.40. The summed E-state index contributed by atoms with van der Waals surface area (Å²) in [6, 6.07) is 7.89. The molecular formula is C22H23NO4S. The molecule has 0 radical (unpaired) electrons. The van der Waals surface area contributed by atoms with E-state index in [9.17, 15) is 9.59 Å². The topological polar surface area (TPSA) is 68.5 Å². The number of thiophene rings is 1. The third-order valence-electron chi connectivity index (χ3n) is 5.34. The minimum Gasteiger partial charge on any atom is -0.464 e. The van der Waals surface area contributed by atoms with E-state index in [1.807, 2.05) is 32.0 Å². The Morgan fingerprint density at radius 1 is 1.21 bits per heavy atom. The van der Waals surface area contributed by atoms with Crippen molar-refractivity contribution in [2.75, 3.05) is 13.2 Å². The molecule has 5 nitrogen and oxygen atoms in total. The van der Waals surface area contributed by atoms with E-state index in [-0.39, 0.29) is 0 Å². The first-order chi connectivity index (χ1) is 13.4. The lowest BCUT2D eigenvalue weighted by atomic mass is 9.91. The molecule has 3 aromatic rings. The zero-order chi connectivity index (χ0) is 19.9. The highest BCUT2D eigenvalue weighted by Gasteiger charge is 2.40. The SMILES string of the molecule is CCCC1(NC(=O)C(=O)c2sc(C)c(-c3ccc4occc4c3)c2C)COC1. The van der Waals surface area contributed by atoms with Gasteiger partial charge in [-0.05, 0) is 55.2 Å². The zero-order valence-corrected chi connectivity index (χ0v) is 17.1. The van der Waals surface area contributed by atoms with Crippen molar-refractivity contribution >= 4 is 34.0 Å². The maximum Gasteiger partial charge on any atom is 0.293 e. The van der Waals surface area contributed by atoms with Crippen LogP contribution >= 0.6 is 11.3 Å². The Morgan fingerprint density at radius 3 is 2.68 bits per heavy atom. The molecule has 0 saturated carbocycles. The number of amides is 1. The molecular weight excluding hydrogens is 374 g/mol. The number of nitrogens with one attached hydrogen (secondary N) is 1. The van der Waals surface area contributed by atoms with Crippen molar-refractivity contribution < 1.29 is 18.7 Å². The number of benzene rings is 1. The second kappa shape index (κ2) is 7.18. The van der Waals surface area contributed by atoms with E-state index in [4.69, 9.17) is 9.15 Å². The molecule has 1 aliphatic heterocycles. The molecule has 0 unspecified atom stereocenters. The number of hydrogen-bond donors (Lipinski definition) is 1. The Kier molecular flexibility index (Phi) is 4.85. The van der Waals surface area contributed by atoms with Crippen molar-refractivity contribution in [1.82, 2.24) is 5.32 Å². The molecule has 4 rings (SSSR count). The minimum atomic E-state index is -0.544. The standard InChI is InChI=1S/C22H23NO4S/c1-4-8-22(11-26-12-22)23-21(25)19(24)20-13(2)18(14(3)28-20)16-5-6-17-15(10-16)7-9-27-17/h5-7,9-10H,4,8,11-12H2,1-3H3,(H,23,25). The van der Waals surface area contributed by atoms with Gasteiger partial charge in [-0.3, -0.25) is 9.59 Å². The molecule has 6 heteroatoms. The molecule has 0 bridgehead atoms. The molecule has 0 spiro atoms. The Morgan fingerprint density at radius 2 is 2.00 bits per heavy atom. The number of ether oxygens (including phenoxy) is 1. The first kappa shape index (κ1) is 18.9. The summed E-state index contributed by atoms with van der Waals surface area (Å²) in [7, 11) is 0. The van der Waals surface area contributed by atoms with Gasteiger partial charge >= 0.3 is 0 Å². The summed E-state index contributed by atoms with van der Waals surface area (Å²) < 4.78 is 10.7.